The molecule has 1 saturated heterocycles. The number of rotatable bonds is 6. The number of carbonyl (C=O) groups is 1. The van der Waals surface area contributed by atoms with Gasteiger partial charge in [0.2, 0.25) is 5.91 Å². The minimum Gasteiger partial charge on any atom is -0.493 e. The number of methoxy groups -OCH3 is 1. The van der Waals surface area contributed by atoms with Gasteiger partial charge in [0.15, 0.2) is 11.5 Å². The molecule has 1 heterocycles. The Bertz CT molecular complexity index is 471. The minimum atomic E-state index is 0.119. The number of ether oxygens (including phenoxy) is 2. The predicted molar refractivity (Wildman–Crippen MR) is 78.3 cm³/mol. The van der Waals surface area contributed by atoms with Gasteiger partial charge < -0.3 is 14.8 Å². The number of hydrogen-bond donors (Lipinski definition) is 1. The quantitative estimate of drug-likeness (QED) is 0.869. The Morgan fingerprint density at radius 2 is 2.15 bits per heavy atom. The molecule has 4 heteroatoms. The van der Waals surface area contributed by atoms with Gasteiger partial charge >= 0.3 is 0 Å². The molecule has 4 nitrogen and oxygen atoms in total. The highest BCUT2D eigenvalue weighted by Gasteiger charge is 2.23. The van der Waals surface area contributed by atoms with Gasteiger partial charge in [-0.3, -0.25) is 4.79 Å². The monoisotopic (exact) mass is 277 g/mol. The van der Waals surface area contributed by atoms with E-state index in [0.29, 0.717) is 25.5 Å². The van der Waals surface area contributed by atoms with Gasteiger partial charge in [0.1, 0.15) is 0 Å². The van der Waals surface area contributed by atoms with Crippen LogP contribution in [0.2, 0.25) is 0 Å². The van der Waals surface area contributed by atoms with Crippen LogP contribution in [0.4, 0.5) is 0 Å². The molecule has 1 fully saturated rings. The molecule has 1 aliphatic heterocycles. The molecule has 110 valence electrons. The third-order valence-corrected chi connectivity index (χ3v) is 3.59. The summed E-state index contributed by atoms with van der Waals surface area (Å²) >= 11 is 0. The zero-order chi connectivity index (χ0) is 14.5. The molecular weight excluding hydrogens is 254 g/mol. The molecule has 1 atom stereocenters. The summed E-state index contributed by atoms with van der Waals surface area (Å²) in [5, 5.41) is 2.86. The summed E-state index contributed by atoms with van der Waals surface area (Å²) in [5.41, 5.74) is 1.13. The van der Waals surface area contributed by atoms with Crippen LogP contribution in [0.5, 0.6) is 11.5 Å². The molecule has 1 unspecified atom stereocenters. The lowest BCUT2D eigenvalue weighted by Crippen LogP contribution is -2.13. The van der Waals surface area contributed by atoms with Crippen LogP contribution in [0.3, 0.4) is 0 Å². The second-order valence-electron chi connectivity index (χ2n) is 5.65. The fraction of sp³-hybridized carbons (Fsp3) is 0.562. The molecule has 1 aromatic carbocycles. The summed E-state index contributed by atoms with van der Waals surface area (Å²) in [5.74, 6) is 2.48. The average Bonchev–Trinajstić information content (AvgIpc) is 2.85. The predicted octanol–water partition coefficient (Wildman–Crippen LogP) is 2.72. The van der Waals surface area contributed by atoms with Crippen LogP contribution in [0.15, 0.2) is 18.2 Å². The van der Waals surface area contributed by atoms with Crippen LogP contribution in [-0.2, 0) is 4.79 Å². The van der Waals surface area contributed by atoms with Gasteiger partial charge in [-0.2, -0.15) is 0 Å². The Balaban J connectivity index is 2.09. The molecule has 0 spiro atoms. The van der Waals surface area contributed by atoms with Crippen LogP contribution in [0.25, 0.3) is 0 Å². The van der Waals surface area contributed by atoms with Gasteiger partial charge in [0, 0.05) is 18.9 Å². The van der Waals surface area contributed by atoms with Gasteiger partial charge in [0.05, 0.1) is 13.7 Å². The normalized spacial score (nSPS) is 18.2. The molecule has 0 radical (unpaired) electrons. The largest absolute Gasteiger partial charge is 0.493 e. The first-order valence-electron chi connectivity index (χ1n) is 7.17. The second-order valence-corrected chi connectivity index (χ2v) is 5.65. The number of benzene rings is 1. The lowest BCUT2D eigenvalue weighted by Gasteiger charge is -2.15. The van der Waals surface area contributed by atoms with E-state index in [9.17, 15) is 4.79 Å². The Labute approximate surface area is 120 Å². The standard InChI is InChI=1S/C16H23NO3/c1-11(2)6-7-20-15-8-12(4-5-14(15)19-3)13-9-16(18)17-10-13/h4-5,8,11,13H,6-7,9-10H2,1-3H3,(H,17,18). The number of amides is 1. The van der Waals surface area contributed by atoms with Gasteiger partial charge in [-0.25, -0.2) is 0 Å². The zero-order valence-corrected chi connectivity index (χ0v) is 12.4. The summed E-state index contributed by atoms with van der Waals surface area (Å²) < 4.78 is 11.2. The van der Waals surface area contributed by atoms with Gasteiger partial charge in [-0.1, -0.05) is 19.9 Å². The van der Waals surface area contributed by atoms with E-state index in [-0.39, 0.29) is 11.8 Å². The van der Waals surface area contributed by atoms with Crippen LogP contribution >= 0.6 is 0 Å². The third kappa shape index (κ3) is 3.65. The highest BCUT2D eigenvalue weighted by atomic mass is 16.5. The van der Waals surface area contributed by atoms with Crippen molar-refractivity contribution in [2.24, 2.45) is 5.92 Å². The molecule has 0 saturated carbocycles. The van der Waals surface area contributed by atoms with Crippen molar-refractivity contribution >= 4 is 5.91 Å². The smallest absolute Gasteiger partial charge is 0.220 e. The molecule has 2 rings (SSSR count). The molecule has 1 amide bonds. The maximum atomic E-state index is 11.3. The molecule has 20 heavy (non-hydrogen) atoms. The number of hydrogen-bond acceptors (Lipinski definition) is 3. The molecule has 1 N–H and O–H groups in total. The fourth-order valence-electron chi connectivity index (χ4n) is 2.31. The fourth-order valence-corrected chi connectivity index (χ4v) is 2.31. The lowest BCUT2D eigenvalue weighted by atomic mass is 9.98. The van der Waals surface area contributed by atoms with E-state index >= 15 is 0 Å². The summed E-state index contributed by atoms with van der Waals surface area (Å²) in [6.07, 6.45) is 1.56. The van der Waals surface area contributed by atoms with E-state index in [1.165, 1.54) is 0 Å². The van der Waals surface area contributed by atoms with E-state index in [2.05, 4.69) is 19.2 Å². The van der Waals surface area contributed by atoms with Crippen LogP contribution < -0.4 is 14.8 Å². The first-order valence-corrected chi connectivity index (χ1v) is 7.17. The van der Waals surface area contributed by atoms with E-state index in [4.69, 9.17) is 9.47 Å². The van der Waals surface area contributed by atoms with Crippen LogP contribution in [0.1, 0.15) is 38.2 Å². The molecule has 1 aliphatic rings. The van der Waals surface area contributed by atoms with E-state index < -0.39 is 0 Å². The Hall–Kier alpha value is -1.71. The molecule has 0 bridgehead atoms. The summed E-state index contributed by atoms with van der Waals surface area (Å²) in [7, 11) is 1.64. The van der Waals surface area contributed by atoms with E-state index in [0.717, 1.165) is 23.5 Å². The maximum absolute atomic E-state index is 11.3. The van der Waals surface area contributed by atoms with Crippen molar-refractivity contribution in [3.8, 4) is 11.5 Å². The minimum absolute atomic E-state index is 0.119. The van der Waals surface area contributed by atoms with Crippen LogP contribution in [-0.4, -0.2) is 26.2 Å². The van der Waals surface area contributed by atoms with Gasteiger partial charge in [-0.05, 0) is 30.0 Å². The Kier molecular flexibility index (Phi) is 4.88. The van der Waals surface area contributed by atoms with E-state index in [1.54, 1.807) is 7.11 Å². The highest BCUT2D eigenvalue weighted by Crippen LogP contribution is 2.33. The topological polar surface area (TPSA) is 47.6 Å². The van der Waals surface area contributed by atoms with Gasteiger partial charge in [-0.15, -0.1) is 0 Å². The maximum Gasteiger partial charge on any atom is 0.220 e. The Morgan fingerprint density at radius 3 is 2.75 bits per heavy atom. The second kappa shape index (κ2) is 6.64. The third-order valence-electron chi connectivity index (χ3n) is 3.59. The van der Waals surface area contributed by atoms with Crippen molar-refractivity contribution in [1.82, 2.24) is 5.32 Å². The summed E-state index contributed by atoms with van der Waals surface area (Å²) in [4.78, 5) is 11.3. The lowest BCUT2D eigenvalue weighted by molar-refractivity contribution is -0.119. The van der Waals surface area contributed by atoms with Crippen molar-refractivity contribution in [3.63, 3.8) is 0 Å². The molecule has 0 aliphatic carbocycles. The molecule has 1 aromatic rings. The molecule has 0 aromatic heterocycles. The van der Waals surface area contributed by atoms with Crippen molar-refractivity contribution in [2.75, 3.05) is 20.3 Å². The van der Waals surface area contributed by atoms with Crippen molar-refractivity contribution in [2.45, 2.75) is 32.6 Å². The Morgan fingerprint density at radius 1 is 1.35 bits per heavy atom. The number of carbonyl (C=O) groups excluding carboxylic acids is 1. The zero-order valence-electron chi connectivity index (χ0n) is 12.4. The van der Waals surface area contributed by atoms with Crippen molar-refractivity contribution in [1.29, 1.82) is 0 Å². The average molecular weight is 277 g/mol. The first kappa shape index (κ1) is 14.7. The highest BCUT2D eigenvalue weighted by molar-refractivity contribution is 5.79. The molecular formula is C16H23NO3. The summed E-state index contributed by atoms with van der Waals surface area (Å²) in [6, 6.07) is 5.94. The van der Waals surface area contributed by atoms with Crippen LogP contribution in [0, 0.1) is 5.92 Å². The number of nitrogens with one attached hydrogen (secondary N) is 1. The van der Waals surface area contributed by atoms with Crippen molar-refractivity contribution in [3.05, 3.63) is 23.8 Å². The van der Waals surface area contributed by atoms with Gasteiger partial charge in [0.25, 0.3) is 0 Å². The van der Waals surface area contributed by atoms with Crippen molar-refractivity contribution < 1.29 is 14.3 Å². The first-order chi connectivity index (χ1) is 9.60. The SMILES string of the molecule is COc1ccc(C2CNC(=O)C2)cc1OCCC(C)C. The summed E-state index contributed by atoms with van der Waals surface area (Å²) in [6.45, 7) is 5.73. The van der Waals surface area contributed by atoms with E-state index in [1.807, 2.05) is 18.2 Å².